The Morgan fingerprint density at radius 2 is 2.21 bits per heavy atom. The molecule has 0 aromatic carbocycles. The van der Waals surface area contributed by atoms with Crippen LogP contribution in [0.5, 0.6) is 0 Å². The second-order valence-electron chi connectivity index (χ2n) is 3.89. The summed E-state index contributed by atoms with van der Waals surface area (Å²) in [6, 6.07) is 1.69. The molecule has 0 saturated heterocycles. The zero-order valence-electron chi connectivity index (χ0n) is 10.5. The fourth-order valence-corrected chi connectivity index (χ4v) is 1.91. The van der Waals surface area contributed by atoms with Crippen molar-refractivity contribution in [3.05, 3.63) is 28.2 Å². The highest BCUT2D eigenvalue weighted by molar-refractivity contribution is 7.08. The van der Waals surface area contributed by atoms with Crippen molar-refractivity contribution in [1.82, 2.24) is 15.0 Å². The third kappa shape index (κ3) is 3.38. The Morgan fingerprint density at radius 3 is 2.84 bits per heavy atom. The molecule has 2 heterocycles. The van der Waals surface area contributed by atoms with Crippen molar-refractivity contribution < 1.29 is 9.53 Å². The molecule has 0 saturated carbocycles. The summed E-state index contributed by atoms with van der Waals surface area (Å²) in [6.07, 6.45) is 0. The SMILES string of the molecule is CN(C)c1nc(N)nc(COC(=O)c2ccsc2)n1. The van der Waals surface area contributed by atoms with Crippen molar-refractivity contribution in [2.24, 2.45) is 0 Å². The normalized spacial score (nSPS) is 10.2. The molecule has 0 fully saturated rings. The molecule has 0 atom stereocenters. The van der Waals surface area contributed by atoms with E-state index in [9.17, 15) is 4.79 Å². The summed E-state index contributed by atoms with van der Waals surface area (Å²) in [5.41, 5.74) is 6.08. The van der Waals surface area contributed by atoms with Gasteiger partial charge in [-0.25, -0.2) is 4.79 Å². The van der Waals surface area contributed by atoms with Crippen LogP contribution in [-0.4, -0.2) is 35.0 Å². The van der Waals surface area contributed by atoms with Crippen LogP contribution in [0.1, 0.15) is 16.2 Å². The Morgan fingerprint density at radius 1 is 1.42 bits per heavy atom. The number of carbonyl (C=O) groups excluding carboxylic acids is 1. The van der Waals surface area contributed by atoms with E-state index in [2.05, 4.69) is 15.0 Å². The van der Waals surface area contributed by atoms with Crippen molar-refractivity contribution >= 4 is 29.2 Å². The molecule has 2 N–H and O–H groups in total. The molecule has 0 spiro atoms. The molecule has 2 aromatic heterocycles. The largest absolute Gasteiger partial charge is 0.454 e. The maximum absolute atomic E-state index is 11.7. The average molecular weight is 279 g/mol. The molecule has 0 bridgehead atoms. The van der Waals surface area contributed by atoms with Gasteiger partial charge in [-0.05, 0) is 11.4 Å². The van der Waals surface area contributed by atoms with Crippen LogP contribution in [0.25, 0.3) is 0 Å². The minimum atomic E-state index is -0.411. The molecule has 8 heteroatoms. The lowest BCUT2D eigenvalue weighted by molar-refractivity contribution is 0.0463. The van der Waals surface area contributed by atoms with Gasteiger partial charge < -0.3 is 15.4 Å². The number of ether oxygens (including phenoxy) is 1. The van der Waals surface area contributed by atoms with Crippen molar-refractivity contribution in [1.29, 1.82) is 0 Å². The lowest BCUT2D eigenvalue weighted by Gasteiger charge is -2.11. The fourth-order valence-electron chi connectivity index (χ4n) is 1.28. The number of rotatable bonds is 4. The Kier molecular flexibility index (Phi) is 3.91. The molecule has 0 unspecified atom stereocenters. The average Bonchev–Trinajstić information content (AvgIpc) is 2.89. The molecule has 0 aliphatic rings. The minimum Gasteiger partial charge on any atom is -0.454 e. The fraction of sp³-hybridized carbons (Fsp3) is 0.273. The smallest absolute Gasteiger partial charge is 0.339 e. The van der Waals surface area contributed by atoms with Crippen molar-refractivity contribution in [2.45, 2.75) is 6.61 Å². The monoisotopic (exact) mass is 279 g/mol. The molecule has 0 aliphatic carbocycles. The van der Waals surface area contributed by atoms with Gasteiger partial charge >= 0.3 is 5.97 Å². The maximum atomic E-state index is 11.7. The first-order valence-electron chi connectivity index (χ1n) is 5.43. The lowest BCUT2D eigenvalue weighted by atomic mass is 10.3. The number of hydrogen-bond donors (Lipinski definition) is 1. The first kappa shape index (κ1) is 13.2. The van der Waals surface area contributed by atoms with Crippen LogP contribution in [-0.2, 0) is 11.3 Å². The second-order valence-corrected chi connectivity index (χ2v) is 4.67. The molecule has 2 aromatic rings. The molecular formula is C11H13N5O2S. The van der Waals surface area contributed by atoms with E-state index in [-0.39, 0.29) is 12.6 Å². The zero-order chi connectivity index (χ0) is 13.8. The van der Waals surface area contributed by atoms with Gasteiger partial charge in [0.2, 0.25) is 11.9 Å². The lowest BCUT2D eigenvalue weighted by Crippen LogP contribution is -2.17. The first-order valence-corrected chi connectivity index (χ1v) is 6.37. The Hall–Kier alpha value is -2.22. The summed E-state index contributed by atoms with van der Waals surface area (Å²) in [6.45, 7) is -0.0394. The van der Waals surface area contributed by atoms with Crippen LogP contribution in [0, 0.1) is 0 Å². The quantitative estimate of drug-likeness (QED) is 0.832. The third-order valence-corrected chi connectivity index (χ3v) is 2.86. The van der Waals surface area contributed by atoms with E-state index in [1.165, 1.54) is 11.3 Å². The number of esters is 1. The van der Waals surface area contributed by atoms with E-state index in [4.69, 9.17) is 10.5 Å². The van der Waals surface area contributed by atoms with E-state index in [1.54, 1.807) is 30.4 Å². The Bertz CT molecular complexity index is 570. The van der Waals surface area contributed by atoms with E-state index < -0.39 is 5.97 Å². The Balaban J connectivity index is 2.05. The third-order valence-electron chi connectivity index (χ3n) is 2.18. The van der Waals surface area contributed by atoms with Gasteiger partial charge in [0.15, 0.2) is 12.4 Å². The van der Waals surface area contributed by atoms with E-state index in [1.807, 2.05) is 5.38 Å². The van der Waals surface area contributed by atoms with Crippen LogP contribution in [0.3, 0.4) is 0 Å². The summed E-state index contributed by atoms with van der Waals surface area (Å²) < 4.78 is 5.10. The van der Waals surface area contributed by atoms with Gasteiger partial charge in [0.1, 0.15) is 0 Å². The van der Waals surface area contributed by atoms with Gasteiger partial charge in [-0.15, -0.1) is 0 Å². The molecular weight excluding hydrogens is 266 g/mol. The number of nitrogen functional groups attached to an aromatic ring is 1. The minimum absolute atomic E-state index is 0.0394. The summed E-state index contributed by atoms with van der Waals surface area (Å²) >= 11 is 1.43. The first-order chi connectivity index (χ1) is 9.06. The van der Waals surface area contributed by atoms with Gasteiger partial charge in [0.25, 0.3) is 0 Å². The highest BCUT2D eigenvalue weighted by Crippen LogP contribution is 2.10. The molecule has 0 amide bonds. The molecule has 0 aliphatic heterocycles. The van der Waals surface area contributed by atoms with E-state index >= 15 is 0 Å². The number of hydrogen-bond acceptors (Lipinski definition) is 8. The predicted octanol–water partition coefficient (Wildman–Crippen LogP) is 0.938. The number of anilines is 2. The highest BCUT2D eigenvalue weighted by Gasteiger charge is 2.11. The Labute approximate surface area is 114 Å². The second kappa shape index (κ2) is 5.61. The van der Waals surface area contributed by atoms with Gasteiger partial charge in [0, 0.05) is 19.5 Å². The number of aromatic nitrogens is 3. The van der Waals surface area contributed by atoms with Crippen molar-refractivity contribution in [3.8, 4) is 0 Å². The highest BCUT2D eigenvalue weighted by atomic mass is 32.1. The summed E-state index contributed by atoms with van der Waals surface area (Å²) in [5.74, 6) is 0.431. The van der Waals surface area contributed by atoms with Crippen LogP contribution < -0.4 is 10.6 Å². The molecule has 19 heavy (non-hydrogen) atoms. The molecule has 100 valence electrons. The van der Waals surface area contributed by atoms with E-state index in [0.29, 0.717) is 17.3 Å². The molecule has 0 radical (unpaired) electrons. The van der Waals surface area contributed by atoms with Crippen molar-refractivity contribution in [3.63, 3.8) is 0 Å². The van der Waals surface area contributed by atoms with Crippen LogP contribution in [0.2, 0.25) is 0 Å². The maximum Gasteiger partial charge on any atom is 0.339 e. The molecule has 2 rings (SSSR count). The molecule has 7 nitrogen and oxygen atoms in total. The van der Waals surface area contributed by atoms with Crippen molar-refractivity contribution in [2.75, 3.05) is 24.7 Å². The summed E-state index contributed by atoms with van der Waals surface area (Å²) in [4.78, 5) is 25.4. The van der Waals surface area contributed by atoms with Crippen LogP contribution in [0.4, 0.5) is 11.9 Å². The van der Waals surface area contributed by atoms with Gasteiger partial charge in [0.05, 0.1) is 5.56 Å². The predicted molar refractivity (Wildman–Crippen MR) is 72.0 cm³/mol. The number of thiophene rings is 1. The topological polar surface area (TPSA) is 94.2 Å². The van der Waals surface area contributed by atoms with Crippen LogP contribution >= 0.6 is 11.3 Å². The number of nitrogens with two attached hydrogens (primary N) is 1. The number of nitrogens with zero attached hydrogens (tertiary/aromatic N) is 4. The van der Waals surface area contributed by atoms with E-state index in [0.717, 1.165) is 0 Å². The standard InChI is InChI=1S/C11H13N5O2S/c1-16(2)11-14-8(13-10(12)15-11)5-18-9(17)7-3-4-19-6-7/h3-4,6H,5H2,1-2H3,(H2,12,13,14,15). The number of carbonyl (C=O) groups is 1. The summed E-state index contributed by atoms with van der Waals surface area (Å²) in [7, 11) is 3.58. The zero-order valence-corrected chi connectivity index (χ0v) is 11.3. The van der Waals surface area contributed by atoms with Crippen LogP contribution in [0.15, 0.2) is 16.8 Å². The van der Waals surface area contributed by atoms with Gasteiger partial charge in [-0.2, -0.15) is 26.3 Å². The van der Waals surface area contributed by atoms with Gasteiger partial charge in [-0.1, -0.05) is 0 Å². The summed E-state index contributed by atoms with van der Waals surface area (Å²) in [5, 5.41) is 3.52. The van der Waals surface area contributed by atoms with Gasteiger partial charge in [-0.3, -0.25) is 0 Å².